The lowest BCUT2D eigenvalue weighted by Gasteiger charge is -2.12. The van der Waals surface area contributed by atoms with E-state index in [2.05, 4.69) is 48.6 Å². The van der Waals surface area contributed by atoms with Crippen molar-refractivity contribution in [2.45, 2.75) is 26.6 Å². The third-order valence-corrected chi connectivity index (χ3v) is 4.94. The molecule has 1 aliphatic rings. The second-order valence-corrected chi connectivity index (χ2v) is 7.14. The number of nitrogens with two attached hydrogens (primary N) is 1. The maximum atomic E-state index is 5.96. The van der Waals surface area contributed by atoms with Crippen LogP contribution in [0, 0.1) is 6.92 Å². The third kappa shape index (κ3) is 4.81. The van der Waals surface area contributed by atoms with Crippen molar-refractivity contribution in [1.82, 2.24) is 0 Å². The van der Waals surface area contributed by atoms with E-state index >= 15 is 0 Å². The zero-order chi connectivity index (χ0) is 20.1. The molecule has 0 aliphatic carbocycles. The molecule has 0 bridgehead atoms. The van der Waals surface area contributed by atoms with Gasteiger partial charge in [-0.05, 0) is 48.9 Å². The predicted molar refractivity (Wildman–Crippen MR) is 110 cm³/mol. The average Bonchev–Trinajstić information content (AvgIpc) is 3.22. The molecule has 1 heterocycles. The molecule has 3 aromatic carbocycles. The highest BCUT2D eigenvalue weighted by atomic mass is 16.7. The number of methoxy groups -OCH3 is 1. The average molecular weight is 392 g/mol. The van der Waals surface area contributed by atoms with Crippen molar-refractivity contribution in [1.29, 1.82) is 0 Å². The summed E-state index contributed by atoms with van der Waals surface area (Å²) in [5.41, 5.74) is 4.77. The summed E-state index contributed by atoms with van der Waals surface area (Å²) in [5, 5.41) is 2.25. The van der Waals surface area contributed by atoms with Crippen LogP contribution in [0.25, 0.3) is 0 Å². The predicted octanol–water partition coefficient (Wildman–Crippen LogP) is 3.57. The first kappa shape index (κ1) is 19.2. The van der Waals surface area contributed by atoms with Crippen LogP contribution in [0.2, 0.25) is 0 Å². The van der Waals surface area contributed by atoms with Crippen molar-refractivity contribution in [3.8, 4) is 23.0 Å². The van der Waals surface area contributed by atoms with Crippen LogP contribution in [-0.2, 0) is 19.7 Å². The van der Waals surface area contributed by atoms with Gasteiger partial charge in [-0.2, -0.15) is 0 Å². The minimum Gasteiger partial charge on any atom is -0.493 e. The molecular weight excluding hydrogens is 366 g/mol. The van der Waals surface area contributed by atoms with Gasteiger partial charge in [0.15, 0.2) is 23.0 Å². The number of aryl methyl sites for hydroxylation is 1. The summed E-state index contributed by atoms with van der Waals surface area (Å²) in [6.07, 6.45) is 0. The molecule has 150 valence electrons. The van der Waals surface area contributed by atoms with Crippen LogP contribution in [0.4, 0.5) is 0 Å². The van der Waals surface area contributed by atoms with Crippen LogP contribution in [0.3, 0.4) is 0 Å². The van der Waals surface area contributed by atoms with Gasteiger partial charge < -0.3 is 24.3 Å². The Labute approximate surface area is 171 Å². The molecule has 2 N–H and O–H groups in total. The number of fused-ring (bicyclic) bond motifs is 1. The zero-order valence-electron chi connectivity index (χ0n) is 16.8. The van der Waals surface area contributed by atoms with E-state index in [1.54, 1.807) is 7.11 Å². The van der Waals surface area contributed by atoms with E-state index < -0.39 is 0 Å². The summed E-state index contributed by atoms with van der Waals surface area (Å²) in [5.74, 6) is 3.16. The monoisotopic (exact) mass is 392 g/mol. The van der Waals surface area contributed by atoms with Crippen LogP contribution in [0.15, 0.2) is 60.7 Å². The van der Waals surface area contributed by atoms with Gasteiger partial charge >= 0.3 is 0 Å². The molecule has 29 heavy (non-hydrogen) atoms. The Kier molecular flexibility index (Phi) is 5.86. The molecule has 0 fully saturated rings. The maximum absolute atomic E-state index is 5.96. The standard InChI is InChI=1S/C24H25NO4/c1-17-3-5-18(6-4-17)15-27-21-9-7-19(11-23(21)26-2)13-25-14-20-8-10-22-24(12-20)29-16-28-22/h3-12,25H,13-16H2,1-2H3/p+1. The quantitative estimate of drug-likeness (QED) is 0.637. The maximum Gasteiger partial charge on any atom is 0.231 e. The van der Waals surface area contributed by atoms with Gasteiger partial charge in [-0.15, -0.1) is 0 Å². The van der Waals surface area contributed by atoms with Crippen molar-refractivity contribution in [2.24, 2.45) is 0 Å². The second-order valence-electron chi connectivity index (χ2n) is 7.14. The van der Waals surface area contributed by atoms with Gasteiger partial charge in [-0.1, -0.05) is 29.8 Å². The zero-order valence-corrected chi connectivity index (χ0v) is 16.8. The van der Waals surface area contributed by atoms with Gasteiger partial charge in [0.25, 0.3) is 0 Å². The highest BCUT2D eigenvalue weighted by Gasteiger charge is 2.14. The van der Waals surface area contributed by atoms with E-state index in [-0.39, 0.29) is 0 Å². The lowest BCUT2D eigenvalue weighted by Crippen LogP contribution is -2.80. The summed E-state index contributed by atoms with van der Waals surface area (Å²) < 4.78 is 22.3. The van der Waals surface area contributed by atoms with Crippen molar-refractivity contribution in [3.05, 3.63) is 82.9 Å². The Balaban J connectivity index is 1.33. The summed E-state index contributed by atoms with van der Waals surface area (Å²) >= 11 is 0. The van der Waals surface area contributed by atoms with E-state index in [9.17, 15) is 0 Å². The van der Waals surface area contributed by atoms with Gasteiger partial charge in [0, 0.05) is 11.1 Å². The fourth-order valence-electron chi connectivity index (χ4n) is 3.28. The molecule has 3 aromatic rings. The molecule has 0 unspecified atom stereocenters. The van der Waals surface area contributed by atoms with E-state index in [1.807, 2.05) is 24.3 Å². The molecule has 0 radical (unpaired) electrons. The molecule has 5 nitrogen and oxygen atoms in total. The molecule has 0 spiro atoms. The van der Waals surface area contributed by atoms with Crippen molar-refractivity contribution >= 4 is 0 Å². The first-order valence-electron chi connectivity index (χ1n) is 9.77. The fraction of sp³-hybridized carbons (Fsp3) is 0.250. The molecule has 0 atom stereocenters. The number of benzene rings is 3. The largest absolute Gasteiger partial charge is 0.493 e. The van der Waals surface area contributed by atoms with Crippen LogP contribution >= 0.6 is 0 Å². The van der Waals surface area contributed by atoms with Crippen LogP contribution in [0.1, 0.15) is 22.3 Å². The van der Waals surface area contributed by atoms with E-state index in [0.29, 0.717) is 13.4 Å². The summed E-state index contributed by atoms with van der Waals surface area (Å²) in [7, 11) is 1.67. The van der Waals surface area contributed by atoms with Crippen LogP contribution < -0.4 is 24.3 Å². The normalized spacial score (nSPS) is 12.1. The smallest absolute Gasteiger partial charge is 0.231 e. The minimum absolute atomic E-state index is 0.306. The van der Waals surface area contributed by atoms with Gasteiger partial charge in [0.05, 0.1) is 7.11 Å². The number of hydrogen-bond donors (Lipinski definition) is 1. The van der Waals surface area contributed by atoms with Crippen molar-refractivity contribution in [2.75, 3.05) is 13.9 Å². The summed E-state index contributed by atoms with van der Waals surface area (Å²) in [6.45, 7) is 4.62. The number of hydrogen-bond acceptors (Lipinski definition) is 4. The van der Waals surface area contributed by atoms with E-state index in [0.717, 1.165) is 41.7 Å². The number of ether oxygens (including phenoxy) is 4. The lowest BCUT2D eigenvalue weighted by atomic mass is 10.1. The van der Waals surface area contributed by atoms with Crippen LogP contribution in [0.5, 0.6) is 23.0 Å². The van der Waals surface area contributed by atoms with Gasteiger partial charge in [-0.3, -0.25) is 0 Å². The lowest BCUT2D eigenvalue weighted by molar-refractivity contribution is -0.686. The molecular formula is C24H26NO4+. The molecule has 0 amide bonds. The molecule has 0 saturated heterocycles. The second kappa shape index (κ2) is 8.88. The molecule has 0 aromatic heterocycles. The Hall–Kier alpha value is -3.18. The van der Waals surface area contributed by atoms with Gasteiger partial charge in [0.1, 0.15) is 19.7 Å². The number of quaternary nitrogens is 1. The van der Waals surface area contributed by atoms with Crippen molar-refractivity contribution < 1.29 is 24.3 Å². The Morgan fingerprint density at radius 2 is 1.48 bits per heavy atom. The Morgan fingerprint density at radius 3 is 2.28 bits per heavy atom. The van der Waals surface area contributed by atoms with E-state index in [4.69, 9.17) is 18.9 Å². The molecule has 4 rings (SSSR count). The van der Waals surface area contributed by atoms with Gasteiger partial charge in [0.2, 0.25) is 6.79 Å². The highest BCUT2D eigenvalue weighted by Crippen LogP contribution is 2.32. The first-order chi connectivity index (χ1) is 14.2. The molecule has 0 saturated carbocycles. The summed E-state index contributed by atoms with van der Waals surface area (Å²) in [6, 6.07) is 20.6. The summed E-state index contributed by atoms with van der Waals surface area (Å²) in [4.78, 5) is 0. The fourth-order valence-corrected chi connectivity index (χ4v) is 3.28. The Bertz CT molecular complexity index is 969. The molecule has 5 heteroatoms. The SMILES string of the molecule is COc1cc(C[NH2+]Cc2ccc3c(c2)OCO3)ccc1OCc1ccc(C)cc1. The van der Waals surface area contributed by atoms with Crippen molar-refractivity contribution in [3.63, 3.8) is 0 Å². The minimum atomic E-state index is 0.306. The third-order valence-electron chi connectivity index (χ3n) is 4.94. The van der Waals surface area contributed by atoms with Gasteiger partial charge in [-0.25, -0.2) is 0 Å². The molecule has 1 aliphatic heterocycles. The Morgan fingerprint density at radius 1 is 0.793 bits per heavy atom. The number of rotatable bonds is 8. The van der Waals surface area contributed by atoms with E-state index in [1.165, 1.54) is 16.7 Å². The first-order valence-corrected chi connectivity index (χ1v) is 9.77. The topological polar surface area (TPSA) is 53.5 Å². The highest BCUT2D eigenvalue weighted by molar-refractivity contribution is 5.44. The van der Waals surface area contributed by atoms with Crippen LogP contribution in [-0.4, -0.2) is 13.9 Å².